The molecule has 112 valence electrons. The number of imide groups is 1. The highest BCUT2D eigenvalue weighted by molar-refractivity contribution is 7.80. The van der Waals surface area contributed by atoms with Crippen LogP contribution in [-0.2, 0) is 0 Å². The van der Waals surface area contributed by atoms with Gasteiger partial charge in [0.1, 0.15) is 0 Å². The average molecular weight is 307 g/mol. The smallest absolute Gasteiger partial charge is 0.280 e. The molecule has 7 heteroatoms. The molecule has 1 heterocycles. The lowest BCUT2D eigenvalue weighted by Gasteiger charge is -2.18. The van der Waals surface area contributed by atoms with Gasteiger partial charge in [0.15, 0.2) is 5.11 Å². The monoisotopic (exact) mass is 307 g/mol. The molecular weight excluding hydrogens is 288 g/mol. The van der Waals surface area contributed by atoms with Gasteiger partial charge >= 0.3 is 0 Å². The van der Waals surface area contributed by atoms with E-state index in [2.05, 4.69) is 24.8 Å². The number of carbonyl (C=O) groups is 2. The zero-order valence-electron chi connectivity index (χ0n) is 12.1. The summed E-state index contributed by atoms with van der Waals surface area (Å²) in [6.45, 7) is 1.71. The van der Waals surface area contributed by atoms with E-state index in [1.54, 1.807) is 24.3 Å². The van der Waals surface area contributed by atoms with Crippen molar-refractivity contribution in [2.45, 2.75) is 6.42 Å². The topological polar surface area (TPSA) is 65.9 Å². The lowest BCUT2D eigenvalue weighted by molar-refractivity contribution is -0.858. The quantitative estimate of drug-likeness (QED) is 0.377. The van der Waals surface area contributed by atoms with E-state index in [1.807, 2.05) is 0 Å². The number of quaternary nitrogens is 1. The second-order valence-electron chi connectivity index (χ2n) is 5.17. The number of nitrogens with zero attached hydrogens (tertiary/aromatic N) is 1. The Balaban J connectivity index is 1.88. The number of hydrogen-bond donors (Lipinski definition) is 3. The van der Waals surface area contributed by atoms with Gasteiger partial charge in [-0.05, 0) is 24.4 Å². The Morgan fingerprint density at radius 1 is 1.19 bits per heavy atom. The van der Waals surface area contributed by atoms with Gasteiger partial charge < -0.3 is 10.2 Å². The maximum atomic E-state index is 12.1. The molecule has 2 amide bonds. The van der Waals surface area contributed by atoms with E-state index in [0.29, 0.717) is 17.7 Å². The lowest BCUT2D eigenvalue weighted by atomic mass is 10.1. The Bertz CT molecular complexity index is 539. The highest BCUT2D eigenvalue weighted by Crippen LogP contribution is 2.20. The van der Waals surface area contributed by atoms with Gasteiger partial charge in [0.25, 0.3) is 11.8 Å². The van der Waals surface area contributed by atoms with Crippen LogP contribution >= 0.6 is 12.2 Å². The van der Waals surface area contributed by atoms with Crippen molar-refractivity contribution in [3.63, 3.8) is 0 Å². The highest BCUT2D eigenvalue weighted by atomic mass is 32.1. The number of thiocarbonyl (C=S) groups is 1. The minimum atomic E-state index is -0.377. The molecule has 1 aromatic carbocycles. The van der Waals surface area contributed by atoms with Gasteiger partial charge in [-0.2, -0.15) is 5.01 Å². The fraction of sp³-hybridized carbons (Fsp3) is 0.357. The highest BCUT2D eigenvalue weighted by Gasteiger charge is 2.35. The summed E-state index contributed by atoms with van der Waals surface area (Å²) in [4.78, 5) is 25.6. The van der Waals surface area contributed by atoms with Crippen LogP contribution < -0.4 is 15.6 Å². The maximum Gasteiger partial charge on any atom is 0.280 e. The van der Waals surface area contributed by atoms with Crippen LogP contribution in [0.25, 0.3) is 0 Å². The van der Waals surface area contributed by atoms with Crippen LogP contribution in [0.3, 0.4) is 0 Å². The van der Waals surface area contributed by atoms with Crippen molar-refractivity contribution >= 4 is 29.1 Å². The van der Waals surface area contributed by atoms with Gasteiger partial charge in [-0.3, -0.25) is 15.0 Å². The Labute approximate surface area is 129 Å². The minimum absolute atomic E-state index is 0.276. The first-order valence-corrected chi connectivity index (χ1v) is 7.23. The predicted molar refractivity (Wildman–Crippen MR) is 83.0 cm³/mol. The molecule has 0 atom stereocenters. The standard InChI is InChI=1S/C14H18N4O2S/c1-17(2)9-5-8-15-14(21)16-18-12(19)10-6-3-4-7-11(10)13(18)20/h3-4,6-7H,5,8-9H2,1-2H3,(H2,15,16,21)/p+1. The normalized spacial score (nSPS) is 13.6. The molecule has 0 radical (unpaired) electrons. The van der Waals surface area contributed by atoms with E-state index < -0.39 is 0 Å². The molecule has 1 aliphatic heterocycles. The van der Waals surface area contributed by atoms with Crippen molar-refractivity contribution in [2.75, 3.05) is 27.2 Å². The van der Waals surface area contributed by atoms with Crippen LogP contribution in [0, 0.1) is 0 Å². The number of rotatable bonds is 5. The van der Waals surface area contributed by atoms with Crippen LogP contribution in [0.4, 0.5) is 0 Å². The molecule has 0 fully saturated rings. The number of nitrogens with one attached hydrogen (secondary N) is 3. The average Bonchev–Trinajstić information content (AvgIpc) is 2.69. The van der Waals surface area contributed by atoms with E-state index in [0.717, 1.165) is 18.0 Å². The predicted octanol–water partition coefficient (Wildman–Crippen LogP) is -0.804. The summed E-state index contributed by atoms with van der Waals surface area (Å²) in [7, 11) is 4.16. The Morgan fingerprint density at radius 2 is 1.76 bits per heavy atom. The maximum absolute atomic E-state index is 12.1. The molecule has 21 heavy (non-hydrogen) atoms. The minimum Gasteiger partial charge on any atom is -0.361 e. The van der Waals surface area contributed by atoms with Crippen LogP contribution in [0.5, 0.6) is 0 Å². The third-order valence-corrected chi connectivity index (χ3v) is 3.38. The van der Waals surface area contributed by atoms with Gasteiger partial charge in [0.05, 0.1) is 31.8 Å². The van der Waals surface area contributed by atoms with Gasteiger partial charge in [-0.1, -0.05) is 12.1 Å². The summed E-state index contributed by atoms with van der Waals surface area (Å²) in [6, 6.07) is 6.72. The molecule has 0 bridgehead atoms. The van der Waals surface area contributed by atoms with Crippen LogP contribution in [0.2, 0.25) is 0 Å². The van der Waals surface area contributed by atoms with E-state index in [-0.39, 0.29) is 16.9 Å². The fourth-order valence-electron chi connectivity index (χ4n) is 2.08. The summed E-state index contributed by atoms with van der Waals surface area (Å²) in [6.07, 6.45) is 0.951. The van der Waals surface area contributed by atoms with Crippen LogP contribution in [0.1, 0.15) is 27.1 Å². The molecule has 6 nitrogen and oxygen atoms in total. The molecule has 0 spiro atoms. The first-order valence-electron chi connectivity index (χ1n) is 6.82. The molecule has 0 saturated carbocycles. The summed E-state index contributed by atoms with van der Waals surface area (Å²) in [5.74, 6) is -0.755. The summed E-state index contributed by atoms with van der Waals surface area (Å²) in [5.41, 5.74) is 3.46. The molecule has 2 rings (SSSR count). The zero-order chi connectivity index (χ0) is 15.4. The molecule has 0 saturated heterocycles. The van der Waals surface area contributed by atoms with Crippen LogP contribution in [-0.4, -0.2) is 49.1 Å². The Hall–Kier alpha value is -1.99. The summed E-state index contributed by atoms with van der Waals surface area (Å²) in [5, 5.41) is 4.23. The number of carbonyl (C=O) groups excluding carboxylic acids is 2. The van der Waals surface area contributed by atoms with Crippen molar-refractivity contribution in [3.8, 4) is 0 Å². The lowest BCUT2D eigenvalue weighted by Crippen LogP contribution is -3.05. The number of fused-ring (bicyclic) bond motifs is 1. The zero-order valence-corrected chi connectivity index (χ0v) is 12.9. The van der Waals surface area contributed by atoms with Gasteiger partial charge in [-0.15, -0.1) is 0 Å². The van der Waals surface area contributed by atoms with E-state index >= 15 is 0 Å². The number of benzene rings is 1. The molecular formula is C14H19N4O2S+. The van der Waals surface area contributed by atoms with Crippen molar-refractivity contribution < 1.29 is 14.5 Å². The molecule has 1 aliphatic rings. The largest absolute Gasteiger partial charge is 0.361 e. The summed E-state index contributed by atoms with van der Waals surface area (Å²) >= 11 is 5.11. The third kappa shape index (κ3) is 3.56. The number of amides is 2. The van der Waals surface area contributed by atoms with E-state index in [4.69, 9.17) is 12.2 Å². The van der Waals surface area contributed by atoms with E-state index in [9.17, 15) is 9.59 Å². The van der Waals surface area contributed by atoms with Crippen molar-refractivity contribution in [2.24, 2.45) is 0 Å². The van der Waals surface area contributed by atoms with Gasteiger partial charge in [0.2, 0.25) is 0 Å². The second-order valence-corrected chi connectivity index (χ2v) is 5.58. The first-order chi connectivity index (χ1) is 10.0. The Morgan fingerprint density at radius 3 is 2.29 bits per heavy atom. The van der Waals surface area contributed by atoms with Gasteiger partial charge in [-0.25, -0.2) is 0 Å². The summed E-state index contributed by atoms with van der Waals surface area (Å²) < 4.78 is 0. The Kier molecular flexibility index (Phi) is 4.87. The molecule has 0 unspecified atom stereocenters. The number of hydrogen-bond acceptors (Lipinski definition) is 3. The van der Waals surface area contributed by atoms with Crippen LogP contribution in [0.15, 0.2) is 24.3 Å². The third-order valence-electron chi connectivity index (χ3n) is 3.15. The molecule has 1 aromatic rings. The molecule has 0 aliphatic carbocycles. The van der Waals surface area contributed by atoms with Crippen molar-refractivity contribution in [3.05, 3.63) is 35.4 Å². The fourth-order valence-corrected chi connectivity index (χ4v) is 2.27. The number of hydrazine groups is 1. The van der Waals surface area contributed by atoms with Crippen molar-refractivity contribution in [1.29, 1.82) is 0 Å². The van der Waals surface area contributed by atoms with Crippen molar-refractivity contribution in [1.82, 2.24) is 15.8 Å². The SMILES string of the molecule is C[NH+](C)CCCNC(=S)NN1C(=O)c2ccccc2C1=O. The molecule has 0 aromatic heterocycles. The second kappa shape index (κ2) is 6.64. The molecule has 3 N–H and O–H groups in total. The first kappa shape index (κ1) is 15.4. The van der Waals surface area contributed by atoms with Gasteiger partial charge in [0, 0.05) is 13.0 Å². The van der Waals surface area contributed by atoms with E-state index in [1.165, 1.54) is 4.90 Å².